The molecule has 5 heteroatoms. The molecular formula is C4H10N2O3. The fraction of sp³-hybridized carbons (Fsp3) is 1.00. The fourth-order valence-electron chi connectivity index (χ4n) is 0.686. The van der Waals surface area contributed by atoms with Crippen molar-refractivity contribution < 1.29 is 15.3 Å². The van der Waals surface area contributed by atoms with Gasteiger partial charge in [-0.25, -0.2) is 0 Å². The fourth-order valence-corrected chi connectivity index (χ4v) is 0.686. The molecule has 2 atom stereocenters. The molecule has 0 radical (unpaired) electrons. The minimum absolute atomic E-state index is 0.428. The number of hydrogen-bond acceptors (Lipinski definition) is 5. The summed E-state index contributed by atoms with van der Waals surface area (Å²) in [5.41, 5.74) is 4.01. The number of hydrogen-bond donors (Lipinski definition) is 5. The van der Waals surface area contributed by atoms with E-state index in [2.05, 4.69) is 5.32 Å². The van der Waals surface area contributed by atoms with Crippen molar-refractivity contribution in [2.45, 2.75) is 18.0 Å². The van der Waals surface area contributed by atoms with Crippen LogP contribution in [0.5, 0.6) is 0 Å². The summed E-state index contributed by atoms with van der Waals surface area (Å²) in [4.78, 5) is 0. The summed E-state index contributed by atoms with van der Waals surface area (Å²) in [5.74, 6) is 0. The summed E-state index contributed by atoms with van der Waals surface area (Å²) in [6.45, 7) is -0.428. The third kappa shape index (κ3) is 0.742. The maximum atomic E-state index is 8.78. The van der Waals surface area contributed by atoms with Gasteiger partial charge in [0.25, 0.3) is 0 Å². The summed E-state index contributed by atoms with van der Waals surface area (Å²) >= 11 is 0. The Balaban J connectivity index is 2.55. The molecule has 1 aliphatic heterocycles. The van der Waals surface area contributed by atoms with Crippen LogP contribution < -0.4 is 11.1 Å². The first-order valence-corrected chi connectivity index (χ1v) is 2.63. The monoisotopic (exact) mass is 134 g/mol. The van der Waals surface area contributed by atoms with Crippen LogP contribution in [-0.2, 0) is 0 Å². The lowest BCUT2D eigenvalue weighted by atomic mass is 9.89. The van der Waals surface area contributed by atoms with Gasteiger partial charge in [0.15, 0.2) is 0 Å². The third-order valence-electron chi connectivity index (χ3n) is 1.61. The van der Waals surface area contributed by atoms with Gasteiger partial charge < -0.3 is 21.1 Å². The molecular weight excluding hydrogens is 124 g/mol. The number of nitrogens with two attached hydrogens (primary N) is 1. The van der Waals surface area contributed by atoms with E-state index in [4.69, 9.17) is 21.1 Å². The van der Waals surface area contributed by atoms with Gasteiger partial charge in [-0.1, -0.05) is 0 Å². The van der Waals surface area contributed by atoms with Crippen LogP contribution in [0.3, 0.4) is 0 Å². The molecule has 1 rings (SSSR count). The average Bonchev–Trinajstić information content (AvgIpc) is 1.87. The summed E-state index contributed by atoms with van der Waals surface area (Å²) in [5, 5.41) is 28.3. The molecule has 0 aromatic heterocycles. The van der Waals surface area contributed by atoms with Crippen LogP contribution in [0.1, 0.15) is 0 Å². The van der Waals surface area contributed by atoms with Gasteiger partial charge in [0.05, 0.1) is 6.61 Å². The maximum Gasteiger partial charge on any atom is 0.131 e. The molecule has 1 fully saturated rings. The molecule has 0 aliphatic carbocycles. The zero-order chi connectivity index (χ0) is 7.07. The van der Waals surface area contributed by atoms with E-state index in [1.165, 1.54) is 0 Å². The van der Waals surface area contributed by atoms with Crippen LogP contribution in [0.25, 0.3) is 0 Å². The van der Waals surface area contributed by atoms with E-state index in [1.807, 2.05) is 0 Å². The van der Waals surface area contributed by atoms with Crippen molar-refractivity contribution in [3.8, 4) is 0 Å². The maximum absolute atomic E-state index is 8.78. The summed E-state index contributed by atoms with van der Waals surface area (Å²) < 4.78 is 0. The Morgan fingerprint density at radius 2 is 1.89 bits per heavy atom. The van der Waals surface area contributed by atoms with Crippen molar-refractivity contribution in [3.63, 3.8) is 0 Å². The topological polar surface area (TPSA) is 98.7 Å². The second kappa shape index (κ2) is 1.89. The molecule has 5 nitrogen and oxygen atoms in total. The van der Waals surface area contributed by atoms with Gasteiger partial charge in [-0.2, -0.15) is 0 Å². The number of aliphatic hydroxyl groups is 3. The van der Waals surface area contributed by atoms with Crippen LogP contribution in [0, 0.1) is 0 Å². The zero-order valence-corrected chi connectivity index (χ0v) is 4.78. The number of nitrogens with one attached hydrogen (secondary N) is 1. The van der Waals surface area contributed by atoms with Gasteiger partial charge in [-0.3, -0.25) is 5.32 Å². The quantitative estimate of drug-likeness (QED) is 0.262. The van der Waals surface area contributed by atoms with E-state index in [0.29, 0.717) is 0 Å². The van der Waals surface area contributed by atoms with E-state index in [1.54, 1.807) is 0 Å². The normalized spacial score (nSPS) is 50.7. The highest BCUT2D eigenvalue weighted by molar-refractivity contribution is 5.04. The molecule has 1 aliphatic rings. The molecule has 9 heavy (non-hydrogen) atoms. The molecule has 0 aromatic rings. The average molecular weight is 134 g/mol. The van der Waals surface area contributed by atoms with E-state index >= 15 is 0 Å². The lowest BCUT2D eigenvalue weighted by Crippen LogP contribution is -2.81. The van der Waals surface area contributed by atoms with Crippen LogP contribution in [0.2, 0.25) is 0 Å². The first-order chi connectivity index (χ1) is 4.11. The Kier molecular flexibility index (Phi) is 1.45. The molecule has 0 saturated carbocycles. The van der Waals surface area contributed by atoms with Gasteiger partial charge >= 0.3 is 0 Å². The Morgan fingerprint density at radius 1 is 1.44 bits per heavy atom. The van der Waals surface area contributed by atoms with Crippen LogP contribution in [-0.4, -0.2) is 39.9 Å². The van der Waals surface area contributed by atoms with Crippen LogP contribution >= 0.6 is 0 Å². The molecule has 0 amide bonds. The molecule has 1 saturated heterocycles. The van der Waals surface area contributed by atoms with E-state index in [9.17, 15) is 0 Å². The van der Waals surface area contributed by atoms with Crippen molar-refractivity contribution in [1.29, 1.82) is 0 Å². The van der Waals surface area contributed by atoms with Crippen molar-refractivity contribution in [2.75, 3.05) is 6.61 Å². The van der Waals surface area contributed by atoms with Crippen molar-refractivity contribution in [1.82, 2.24) is 5.32 Å². The lowest BCUT2D eigenvalue weighted by molar-refractivity contribution is -0.161. The minimum Gasteiger partial charge on any atom is -0.394 e. The summed E-state index contributed by atoms with van der Waals surface area (Å²) in [6, 6.07) is 0. The molecule has 54 valence electrons. The predicted molar refractivity (Wildman–Crippen MR) is 29.2 cm³/mol. The molecule has 6 N–H and O–H groups in total. The second-order valence-electron chi connectivity index (χ2n) is 2.24. The Morgan fingerprint density at radius 3 is 2.00 bits per heavy atom. The SMILES string of the molecule is NC1(CO)C(O)NC1O. The first kappa shape index (κ1) is 6.91. The highest BCUT2D eigenvalue weighted by Gasteiger charge is 2.50. The second-order valence-corrected chi connectivity index (χ2v) is 2.24. The Hall–Kier alpha value is -0.200. The predicted octanol–water partition coefficient (Wildman–Crippen LogP) is -3.08. The largest absolute Gasteiger partial charge is 0.394 e. The van der Waals surface area contributed by atoms with Gasteiger partial charge in [-0.05, 0) is 0 Å². The Bertz CT molecular complexity index is 110. The lowest BCUT2D eigenvalue weighted by Gasteiger charge is -2.47. The van der Waals surface area contributed by atoms with E-state index in [0.717, 1.165) is 0 Å². The Labute approximate surface area is 52.1 Å². The van der Waals surface area contributed by atoms with Crippen molar-refractivity contribution in [3.05, 3.63) is 0 Å². The molecule has 0 bridgehead atoms. The number of rotatable bonds is 1. The minimum atomic E-state index is -1.26. The van der Waals surface area contributed by atoms with Gasteiger partial charge in [0.1, 0.15) is 18.0 Å². The van der Waals surface area contributed by atoms with Gasteiger partial charge in [0, 0.05) is 0 Å². The molecule has 0 aromatic carbocycles. The highest BCUT2D eigenvalue weighted by atomic mass is 16.4. The zero-order valence-electron chi connectivity index (χ0n) is 4.78. The highest BCUT2D eigenvalue weighted by Crippen LogP contribution is 2.18. The van der Waals surface area contributed by atoms with Gasteiger partial charge in [-0.15, -0.1) is 0 Å². The summed E-state index contributed by atoms with van der Waals surface area (Å²) in [7, 11) is 0. The standard InChI is InChI=1S/C4H10N2O3/c5-4(1-7)2(8)6-3(4)9/h2-3,6-9H,1,5H2. The van der Waals surface area contributed by atoms with Crippen LogP contribution in [0.15, 0.2) is 0 Å². The summed E-state index contributed by atoms with van der Waals surface area (Å²) in [6.07, 6.45) is -2.00. The van der Waals surface area contributed by atoms with Crippen LogP contribution in [0.4, 0.5) is 0 Å². The molecule has 1 heterocycles. The van der Waals surface area contributed by atoms with E-state index < -0.39 is 24.6 Å². The van der Waals surface area contributed by atoms with Crippen molar-refractivity contribution >= 4 is 0 Å². The molecule has 2 unspecified atom stereocenters. The number of aliphatic hydroxyl groups excluding tert-OH is 3. The van der Waals surface area contributed by atoms with Gasteiger partial charge in [0.2, 0.25) is 0 Å². The smallest absolute Gasteiger partial charge is 0.131 e. The third-order valence-corrected chi connectivity index (χ3v) is 1.61. The van der Waals surface area contributed by atoms with Crippen molar-refractivity contribution in [2.24, 2.45) is 5.73 Å². The first-order valence-electron chi connectivity index (χ1n) is 2.63. The van der Waals surface area contributed by atoms with E-state index in [-0.39, 0.29) is 0 Å². The molecule has 0 spiro atoms.